The van der Waals surface area contributed by atoms with Crippen molar-refractivity contribution in [1.29, 1.82) is 0 Å². The Bertz CT molecular complexity index is 725. The summed E-state index contributed by atoms with van der Waals surface area (Å²) in [6.45, 7) is 0. The average Bonchev–Trinajstić information content (AvgIpc) is 3.07. The highest BCUT2D eigenvalue weighted by atomic mass is 16.3. The van der Waals surface area contributed by atoms with E-state index in [1.807, 2.05) is 43.6 Å². The van der Waals surface area contributed by atoms with Crippen LogP contribution in [0.1, 0.15) is 10.6 Å². The maximum Gasteiger partial charge on any atom is 0.185 e. The van der Waals surface area contributed by atoms with Crippen LogP contribution in [-0.2, 0) is 7.05 Å². The number of nitrogens with zero attached hydrogens (tertiary/aromatic N) is 2. The van der Waals surface area contributed by atoms with Crippen LogP contribution in [-0.4, -0.2) is 16.1 Å². The molecule has 0 saturated heterocycles. The van der Waals surface area contributed by atoms with Crippen LogP contribution in [0.4, 0.5) is 0 Å². The Hall–Kier alpha value is -2.62. The third-order valence-electron chi connectivity index (χ3n) is 2.90. The van der Waals surface area contributed by atoms with Crippen molar-refractivity contribution < 1.29 is 9.21 Å². The van der Waals surface area contributed by atoms with Gasteiger partial charge in [-0.05, 0) is 24.3 Å². The molecule has 0 N–H and O–H groups in total. The molecule has 0 aliphatic heterocycles. The monoisotopic (exact) mass is 252 g/mol. The van der Waals surface area contributed by atoms with Crippen molar-refractivity contribution in [2.75, 3.05) is 0 Å². The average molecular weight is 252 g/mol. The molecule has 2 aromatic heterocycles. The molecule has 0 spiro atoms. The lowest BCUT2D eigenvalue weighted by Gasteiger charge is -2.00. The zero-order chi connectivity index (χ0) is 13.2. The molecular formula is C15H12N2O2. The van der Waals surface area contributed by atoms with Crippen molar-refractivity contribution in [2.45, 2.75) is 0 Å². The summed E-state index contributed by atoms with van der Waals surface area (Å²) in [7, 11) is 1.89. The molecule has 3 aromatic rings. The number of rotatable bonds is 3. The molecule has 4 heteroatoms. The second-order valence-electron chi connectivity index (χ2n) is 4.28. The van der Waals surface area contributed by atoms with Crippen molar-refractivity contribution >= 4 is 6.29 Å². The van der Waals surface area contributed by atoms with Crippen molar-refractivity contribution in [3.8, 4) is 22.6 Å². The SMILES string of the molecule is Cn1ccc(-c2cccc(-c3ccc(C=O)o3)c2)n1. The van der Waals surface area contributed by atoms with E-state index in [-0.39, 0.29) is 0 Å². The predicted molar refractivity (Wildman–Crippen MR) is 71.7 cm³/mol. The molecule has 3 rings (SSSR count). The molecule has 2 heterocycles. The third kappa shape index (κ3) is 2.20. The van der Waals surface area contributed by atoms with E-state index in [1.165, 1.54) is 0 Å². The summed E-state index contributed by atoms with van der Waals surface area (Å²) in [5.41, 5.74) is 2.85. The molecule has 0 amide bonds. The highest BCUT2D eigenvalue weighted by Crippen LogP contribution is 2.26. The van der Waals surface area contributed by atoms with Gasteiger partial charge in [-0.3, -0.25) is 9.48 Å². The lowest BCUT2D eigenvalue weighted by Crippen LogP contribution is -1.88. The van der Waals surface area contributed by atoms with E-state index >= 15 is 0 Å². The van der Waals surface area contributed by atoms with Gasteiger partial charge in [0.15, 0.2) is 12.0 Å². The minimum atomic E-state index is 0.332. The number of furan rings is 1. The number of aldehydes is 1. The maximum absolute atomic E-state index is 10.6. The van der Waals surface area contributed by atoms with E-state index < -0.39 is 0 Å². The molecule has 0 fully saturated rings. The lowest BCUT2D eigenvalue weighted by atomic mass is 10.1. The van der Waals surface area contributed by atoms with Crippen molar-refractivity contribution in [3.63, 3.8) is 0 Å². The smallest absolute Gasteiger partial charge is 0.185 e. The topological polar surface area (TPSA) is 48.0 Å². The fourth-order valence-corrected chi connectivity index (χ4v) is 1.97. The summed E-state index contributed by atoms with van der Waals surface area (Å²) in [5.74, 6) is 1.01. The van der Waals surface area contributed by atoms with Crippen LogP contribution in [0.3, 0.4) is 0 Å². The second-order valence-corrected chi connectivity index (χ2v) is 4.28. The van der Waals surface area contributed by atoms with Gasteiger partial charge in [-0.2, -0.15) is 5.10 Å². The van der Waals surface area contributed by atoms with Gasteiger partial charge in [0.1, 0.15) is 5.76 Å². The van der Waals surface area contributed by atoms with Gasteiger partial charge >= 0.3 is 0 Å². The summed E-state index contributed by atoms with van der Waals surface area (Å²) in [6, 6.07) is 13.3. The van der Waals surface area contributed by atoms with E-state index in [9.17, 15) is 4.79 Å². The van der Waals surface area contributed by atoms with Crippen molar-refractivity contribution in [3.05, 3.63) is 54.4 Å². The predicted octanol–water partition coefficient (Wildman–Crippen LogP) is 3.16. The van der Waals surface area contributed by atoms with Gasteiger partial charge < -0.3 is 4.42 Å². The number of hydrogen-bond acceptors (Lipinski definition) is 3. The first kappa shape index (κ1) is 11.5. The van der Waals surface area contributed by atoms with Crippen LogP contribution < -0.4 is 0 Å². The van der Waals surface area contributed by atoms with Gasteiger partial charge in [0, 0.05) is 24.4 Å². The second kappa shape index (κ2) is 4.57. The Labute approximate surface area is 110 Å². The lowest BCUT2D eigenvalue weighted by molar-refractivity contribution is 0.110. The van der Waals surface area contributed by atoms with Gasteiger partial charge in [-0.25, -0.2) is 0 Å². The van der Waals surface area contributed by atoms with Crippen LogP contribution in [0.15, 0.2) is 53.1 Å². The van der Waals surface area contributed by atoms with E-state index in [0.717, 1.165) is 16.8 Å². The van der Waals surface area contributed by atoms with Crippen LogP contribution >= 0.6 is 0 Å². The van der Waals surface area contributed by atoms with Crippen LogP contribution in [0, 0.1) is 0 Å². The van der Waals surface area contributed by atoms with Crippen molar-refractivity contribution in [2.24, 2.45) is 7.05 Å². The number of hydrogen-bond donors (Lipinski definition) is 0. The van der Waals surface area contributed by atoms with Crippen LogP contribution in [0.5, 0.6) is 0 Å². The molecule has 1 aromatic carbocycles. The zero-order valence-electron chi connectivity index (χ0n) is 10.4. The largest absolute Gasteiger partial charge is 0.453 e. The van der Waals surface area contributed by atoms with Gasteiger partial charge in [0.05, 0.1) is 5.69 Å². The summed E-state index contributed by atoms with van der Waals surface area (Å²) >= 11 is 0. The molecule has 0 saturated carbocycles. The minimum absolute atomic E-state index is 0.332. The van der Waals surface area contributed by atoms with E-state index in [2.05, 4.69) is 5.10 Å². The van der Waals surface area contributed by atoms with Crippen LogP contribution in [0.2, 0.25) is 0 Å². The normalized spacial score (nSPS) is 10.6. The van der Waals surface area contributed by atoms with Crippen molar-refractivity contribution in [1.82, 2.24) is 9.78 Å². The first-order valence-corrected chi connectivity index (χ1v) is 5.92. The Morgan fingerprint density at radius 1 is 1.16 bits per heavy atom. The molecule has 0 aliphatic rings. The number of carbonyl (C=O) groups is 1. The van der Waals surface area contributed by atoms with Gasteiger partial charge in [0.25, 0.3) is 0 Å². The Balaban J connectivity index is 2.02. The number of aryl methyl sites for hydroxylation is 1. The molecular weight excluding hydrogens is 240 g/mol. The summed E-state index contributed by atoms with van der Waals surface area (Å²) in [5, 5.41) is 4.37. The van der Waals surface area contributed by atoms with E-state index in [1.54, 1.807) is 16.8 Å². The molecule has 19 heavy (non-hydrogen) atoms. The fraction of sp³-hybridized carbons (Fsp3) is 0.0667. The molecule has 4 nitrogen and oxygen atoms in total. The summed E-state index contributed by atoms with van der Waals surface area (Å²) in [4.78, 5) is 10.6. The molecule has 0 bridgehead atoms. The third-order valence-corrected chi connectivity index (χ3v) is 2.90. The van der Waals surface area contributed by atoms with Gasteiger partial charge in [-0.1, -0.05) is 18.2 Å². The fourth-order valence-electron chi connectivity index (χ4n) is 1.97. The Kier molecular flexibility index (Phi) is 2.76. The standard InChI is InChI=1S/C15H12N2O2/c1-17-8-7-14(16-17)11-3-2-4-12(9-11)15-6-5-13(10-18)19-15/h2-10H,1H3. The van der Waals surface area contributed by atoms with Gasteiger partial charge in [0.2, 0.25) is 0 Å². The number of benzene rings is 1. The first-order chi connectivity index (χ1) is 9.26. The molecule has 0 atom stereocenters. The number of aromatic nitrogens is 2. The Morgan fingerprint density at radius 2 is 2.00 bits per heavy atom. The zero-order valence-corrected chi connectivity index (χ0v) is 10.4. The quantitative estimate of drug-likeness (QED) is 0.673. The maximum atomic E-state index is 10.6. The highest BCUT2D eigenvalue weighted by Gasteiger charge is 2.07. The van der Waals surface area contributed by atoms with Gasteiger partial charge in [-0.15, -0.1) is 0 Å². The highest BCUT2D eigenvalue weighted by molar-refractivity contribution is 5.74. The van der Waals surface area contributed by atoms with E-state index in [4.69, 9.17) is 4.42 Å². The molecule has 0 radical (unpaired) electrons. The Morgan fingerprint density at radius 3 is 2.68 bits per heavy atom. The molecule has 0 aliphatic carbocycles. The molecule has 94 valence electrons. The van der Waals surface area contributed by atoms with Crippen LogP contribution in [0.25, 0.3) is 22.6 Å². The molecule has 0 unspecified atom stereocenters. The number of carbonyl (C=O) groups excluding carboxylic acids is 1. The van der Waals surface area contributed by atoms with E-state index in [0.29, 0.717) is 17.8 Å². The minimum Gasteiger partial charge on any atom is -0.453 e. The summed E-state index contributed by atoms with van der Waals surface area (Å²) < 4.78 is 7.18. The first-order valence-electron chi connectivity index (χ1n) is 5.92. The summed E-state index contributed by atoms with van der Waals surface area (Å²) in [6.07, 6.45) is 2.60.